The molecule has 0 N–H and O–H groups in total. The normalized spacial score (nSPS) is 14.5. The summed E-state index contributed by atoms with van der Waals surface area (Å²) in [5.74, 6) is 0. The summed E-state index contributed by atoms with van der Waals surface area (Å²) in [6.45, 7) is 11.7. The van der Waals surface area contributed by atoms with Gasteiger partial charge >= 0.3 is 0 Å². The predicted octanol–water partition coefficient (Wildman–Crippen LogP) is 4.55. The predicted molar refractivity (Wildman–Crippen MR) is 84.8 cm³/mol. The summed E-state index contributed by atoms with van der Waals surface area (Å²) in [6, 6.07) is 3.97. The van der Waals surface area contributed by atoms with Crippen molar-refractivity contribution < 1.29 is 9.16 Å². The molecule has 0 spiro atoms. The number of halogens is 1. The van der Waals surface area contributed by atoms with Crippen molar-refractivity contribution in [3.8, 4) is 0 Å². The molecular weight excluding hydrogens is 322 g/mol. The average Bonchev–Trinajstić information content (AvgIpc) is 2.27. The van der Waals surface area contributed by atoms with Crippen LogP contribution in [0.25, 0.3) is 0 Å². The van der Waals surface area contributed by atoms with Crippen LogP contribution in [-0.2, 0) is 9.16 Å². The van der Waals surface area contributed by atoms with E-state index < -0.39 is 8.32 Å². The van der Waals surface area contributed by atoms with Crippen molar-refractivity contribution in [3.05, 3.63) is 28.5 Å². The molecule has 0 aliphatic heterocycles. The van der Waals surface area contributed by atoms with Gasteiger partial charge in [-0.15, -0.1) is 0 Å². The standard InChI is InChI=1S/C14H24BrNO2Si/c1-14(2,3)19(5,6)18-13(10-17-4)12-8-7-11(15)9-16-12/h7-9,13H,10H2,1-6H3/t13-/m0/s1. The Bertz CT molecular complexity index is 401. The fourth-order valence-electron chi connectivity index (χ4n) is 1.44. The van der Waals surface area contributed by atoms with E-state index in [-0.39, 0.29) is 11.1 Å². The second kappa shape index (κ2) is 6.48. The van der Waals surface area contributed by atoms with Crippen LogP contribution in [0, 0.1) is 0 Å². The van der Waals surface area contributed by atoms with Crippen molar-refractivity contribution in [2.45, 2.75) is 45.0 Å². The van der Waals surface area contributed by atoms with Gasteiger partial charge in [-0.2, -0.15) is 0 Å². The molecule has 0 fully saturated rings. The van der Waals surface area contributed by atoms with E-state index in [2.05, 4.69) is 54.8 Å². The Labute approximate surface area is 126 Å². The first-order chi connectivity index (χ1) is 8.67. The molecule has 0 saturated carbocycles. The minimum atomic E-state index is -1.83. The van der Waals surface area contributed by atoms with Gasteiger partial charge in [-0.25, -0.2) is 0 Å². The summed E-state index contributed by atoms with van der Waals surface area (Å²) in [7, 11) is -0.138. The van der Waals surface area contributed by atoms with Crippen LogP contribution >= 0.6 is 15.9 Å². The van der Waals surface area contributed by atoms with E-state index in [4.69, 9.17) is 9.16 Å². The minimum absolute atomic E-state index is 0.0982. The smallest absolute Gasteiger partial charge is 0.193 e. The lowest BCUT2D eigenvalue weighted by atomic mass is 10.2. The third-order valence-corrected chi connectivity index (χ3v) is 8.60. The van der Waals surface area contributed by atoms with Crippen molar-refractivity contribution in [3.63, 3.8) is 0 Å². The molecule has 1 rings (SSSR count). The lowest BCUT2D eigenvalue weighted by Gasteiger charge is -2.39. The van der Waals surface area contributed by atoms with Gasteiger partial charge in [-0.05, 0) is 46.2 Å². The van der Waals surface area contributed by atoms with Gasteiger partial charge in [0.2, 0.25) is 0 Å². The summed E-state index contributed by atoms with van der Waals surface area (Å²) >= 11 is 3.40. The number of hydrogen-bond acceptors (Lipinski definition) is 3. The number of ether oxygens (including phenoxy) is 1. The molecule has 1 aromatic heterocycles. The summed E-state index contributed by atoms with van der Waals surface area (Å²) in [4.78, 5) is 4.43. The molecule has 0 aromatic carbocycles. The first kappa shape index (κ1) is 16.8. The van der Waals surface area contributed by atoms with Crippen molar-refractivity contribution >= 4 is 24.2 Å². The molecular formula is C14H24BrNO2Si. The van der Waals surface area contributed by atoms with Crippen LogP contribution in [0.2, 0.25) is 18.1 Å². The zero-order valence-corrected chi connectivity index (χ0v) is 15.2. The molecule has 0 aliphatic rings. The highest BCUT2D eigenvalue weighted by molar-refractivity contribution is 9.10. The molecule has 1 atom stereocenters. The van der Waals surface area contributed by atoms with Gasteiger partial charge in [0.25, 0.3) is 0 Å². The summed E-state index contributed by atoms with van der Waals surface area (Å²) in [5.41, 5.74) is 0.926. The van der Waals surface area contributed by atoms with E-state index in [9.17, 15) is 0 Å². The van der Waals surface area contributed by atoms with Crippen molar-refractivity contribution in [1.29, 1.82) is 0 Å². The maximum absolute atomic E-state index is 6.40. The molecule has 1 aromatic rings. The Morgan fingerprint density at radius 1 is 1.32 bits per heavy atom. The van der Waals surface area contributed by atoms with E-state index in [0.29, 0.717) is 6.61 Å². The van der Waals surface area contributed by atoms with Gasteiger partial charge in [0.15, 0.2) is 8.32 Å². The Kier molecular flexibility index (Phi) is 5.74. The maximum atomic E-state index is 6.40. The highest BCUT2D eigenvalue weighted by Crippen LogP contribution is 2.39. The molecule has 0 amide bonds. The second-order valence-electron chi connectivity index (χ2n) is 6.22. The minimum Gasteiger partial charge on any atom is -0.406 e. The lowest BCUT2D eigenvalue weighted by Crippen LogP contribution is -2.42. The Morgan fingerprint density at radius 2 is 1.95 bits per heavy atom. The molecule has 0 radical (unpaired) electrons. The lowest BCUT2D eigenvalue weighted by molar-refractivity contribution is 0.0688. The monoisotopic (exact) mass is 345 g/mol. The number of nitrogens with zero attached hydrogens (tertiary/aromatic N) is 1. The SMILES string of the molecule is COC[C@H](O[Si](C)(C)C(C)(C)C)c1ccc(Br)cn1. The first-order valence-corrected chi connectivity index (χ1v) is 10.2. The van der Waals surface area contributed by atoms with Gasteiger partial charge < -0.3 is 9.16 Å². The van der Waals surface area contributed by atoms with Crippen LogP contribution < -0.4 is 0 Å². The largest absolute Gasteiger partial charge is 0.406 e. The third kappa shape index (κ3) is 4.67. The second-order valence-corrected chi connectivity index (χ2v) is 11.9. The molecule has 108 valence electrons. The summed E-state index contributed by atoms with van der Waals surface area (Å²) in [6.07, 6.45) is 1.70. The van der Waals surface area contributed by atoms with Gasteiger partial charge in [0, 0.05) is 17.8 Å². The van der Waals surface area contributed by atoms with E-state index in [1.165, 1.54) is 0 Å². The third-order valence-electron chi connectivity index (χ3n) is 3.64. The molecule has 0 unspecified atom stereocenters. The van der Waals surface area contributed by atoms with Crippen LogP contribution in [0.15, 0.2) is 22.8 Å². The van der Waals surface area contributed by atoms with E-state index in [1.54, 1.807) is 13.3 Å². The zero-order valence-electron chi connectivity index (χ0n) is 12.7. The number of pyridine rings is 1. The van der Waals surface area contributed by atoms with Crippen LogP contribution in [0.4, 0.5) is 0 Å². The summed E-state index contributed by atoms with van der Waals surface area (Å²) < 4.78 is 12.7. The number of aromatic nitrogens is 1. The van der Waals surface area contributed by atoms with E-state index >= 15 is 0 Å². The van der Waals surface area contributed by atoms with Gasteiger partial charge in [0.1, 0.15) is 6.10 Å². The molecule has 3 nitrogen and oxygen atoms in total. The highest BCUT2D eigenvalue weighted by Gasteiger charge is 2.39. The highest BCUT2D eigenvalue weighted by atomic mass is 79.9. The van der Waals surface area contributed by atoms with Crippen molar-refractivity contribution in [2.24, 2.45) is 0 Å². The molecule has 0 saturated heterocycles. The first-order valence-electron chi connectivity index (χ1n) is 6.45. The number of rotatable bonds is 5. The van der Waals surface area contributed by atoms with Crippen LogP contribution in [0.5, 0.6) is 0 Å². The average molecular weight is 346 g/mol. The Balaban J connectivity index is 2.93. The quantitative estimate of drug-likeness (QED) is 0.733. The topological polar surface area (TPSA) is 31.4 Å². The van der Waals surface area contributed by atoms with Crippen LogP contribution in [0.1, 0.15) is 32.6 Å². The molecule has 19 heavy (non-hydrogen) atoms. The van der Waals surface area contributed by atoms with Gasteiger partial charge in [0.05, 0.1) is 12.3 Å². The van der Waals surface area contributed by atoms with Gasteiger partial charge in [-0.1, -0.05) is 20.8 Å². The summed E-state index contributed by atoms with van der Waals surface area (Å²) in [5, 5.41) is 0.175. The van der Waals surface area contributed by atoms with Crippen LogP contribution in [0.3, 0.4) is 0 Å². The number of methoxy groups -OCH3 is 1. The van der Waals surface area contributed by atoms with Crippen molar-refractivity contribution in [1.82, 2.24) is 4.98 Å². The van der Waals surface area contributed by atoms with E-state index in [1.807, 2.05) is 12.1 Å². The fourth-order valence-corrected chi connectivity index (χ4v) is 2.93. The van der Waals surface area contributed by atoms with Crippen molar-refractivity contribution in [2.75, 3.05) is 13.7 Å². The van der Waals surface area contributed by atoms with Crippen LogP contribution in [-0.4, -0.2) is 27.0 Å². The fraction of sp³-hybridized carbons (Fsp3) is 0.643. The molecule has 5 heteroatoms. The van der Waals surface area contributed by atoms with E-state index in [0.717, 1.165) is 10.2 Å². The van der Waals surface area contributed by atoms with Gasteiger partial charge in [-0.3, -0.25) is 4.98 Å². The zero-order chi connectivity index (χ0) is 14.7. The molecule has 0 aliphatic carbocycles. The maximum Gasteiger partial charge on any atom is 0.193 e. The number of hydrogen-bond donors (Lipinski definition) is 0. The Hall–Kier alpha value is -0.233. The molecule has 0 bridgehead atoms. The Morgan fingerprint density at radius 3 is 2.37 bits per heavy atom. The molecule has 1 heterocycles.